The molecule has 6 nitrogen and oxygen atoms in total. The fraction of sp³-hybridized carbons (Fsp3) is 0.214. The molecule has 1 unspecified atom stereocenters. The van der Waals surface area contributed by atoms with Crippen molar-refractivity contribution in [3.05, 3.63) is 95.6 Å². The van der Waals surface area contributed by atoms with Crippen LogP contribution < -0.4 is 14.4 Å². The minimum Gasteiger partial charge on any atom is -0.507 e. The van der Waals surface area contributed by atoms with Gasteiger partial charge in [-0.2, -0.15) is 0 Å². The molecule has 1 N–H and O–H groups in total. The van der Waals surface area contributed by atoms with E-state index in [0.29, 0.717) is 34.9 Å². The van der Waals surface area contributed by atoms with Crippen molar-refractivity contribution in [1.29, 1.82) is 0 Å². The van der Waals surface area contributed by atoms with Gasteiger partial charge in [-0.25, -0.2) is 0 Å². The van der Waals surface area contributed by atoms with Gasteiger partial charge in [-0.05, 0) is 62.7 Å². The predicted octanol–water partition coefficient (Wildman–Crippen LogP) is 5.50. The summed E-state index contributed by atoms with van der Waals surface area (Å²) in [5, 5.41) is 11.3. The second-order valence-electron chi connectivity index (χ2n) is 8.20. The van der Waals surface area contributed by atoms with Crippen LogP contribution in [0.25, 0.3) is 5.76 Å². The highest BCUT2D eigenvalue weighted by atomic mass is 16.5. The Morgan fingerprint density at radius 3 is 2.29 bits per heavy atom. The fourth-order valence-electron chi connectivity index (χ4n) is 4.06. The summed E-state index contributed by atoms with van der Waals surface area (Å²) >= 11 is 0. The number of nitrogens with zero attached hydrogens (tertiary/aromatic N) is 1. The zero-order valence-electron chi connectivity index (χ0n) is 19.4. The van der Waals surface area contributed by atoms with Gasteiger partial charge in [0.25, 0.3) is 11.7 Å². The first-order chi connectivity index (χ1) is 16.4. The number of rotatable bonds is 7. The van der Waals surface area contributed by atoms with Gasteiger partial charge in [0.15, 0.2) is 0 Å². The topological polar surface area (TPSA) is 76.1 Å². The maximum atomic E-state index is 13.3. The Labute approximate surface area is 199 Å². The van der Waals surface area contributed by atoms with Crippen molar-refractivity contribution in [2.45, 2.75) is 32.9 Å². The SMILES string of the molecule is CCOc1ccc(C2/C(=C(/O)c3cccc(OC(C)C)c3)C(=O)C(=O)N2c2ccccc2)cc1. The summed E-state index contributed by atoms with van der Waals surface area (Å²) in [5.41, 5.74) is 1.68. The van der Waals surface area contributed by atoms with E-state index >= 15 is 0 Å². The molecule has 0 radical (unpaired) electrons. The molecule has 1 aliphatic heterocycles. The summed E-state index contributed by atoms with van der Waals surface area (Å²) in [4.78, 5) is 27.9. The van der Waals surface area contributed by atoms with E-state index in [1.807, 2.05) is 39.0 Å². The molecule has 0 aromatic heterocycles. The first kappa shape index (κ1) is 23.1. The Bertz CT molecular complexity index is 1220. The number of ketones is 1. The summed E-state index contributed by atoms with van der Waals surface area (Å²) in [6.07, 6.45) is -0.0510. The third kappa shape index (κ3) is 4.53. The molecule has 174 valence electrons. The third-order valence-electron chi connectivity index (χ3n) is 5.46. The Balaban J connectivity index is 1.87. The molecule has 0 bridgehead atoms. The number of hydrogen-bond acceptors (Lipinski definition) is 5. The minimum absolute atomic E-state index is 0.0275. The maximum Gasteiger partial charge on any atom is 0.300 e. The van der Waals surface area contributed by atoms with Gasteiger partial charge in [-0.3, -0.25) is 14.5 Å². The monoisotopic (exact) mass is 457 g/mol. The highest BCUT2D eigenvalue weighted by molar-refractivity contribution is 6.51. The molecule has 0 aliphatic carbocycles. The number of para-hydroxylation sites is 1. The molecule has 3 aromatic rings. The fourth-order valence-corrected chi connectivity index (χ4v) is 4.06. The molecule has 1 amide bonds. The Kier molecular flexibility index (Phi) is 6.68. The second kappa shape index (κ2) is 9.83. The van der Waals surface area contributed by atoms with Crippen LogP contribution in [0.5, 0.6) is 11.5 Å². The Hall–Kier alpha value is -4.06. The summed E-state index contributed by atoms with van der Waals surface area (Å²) in [6.45, 7) is 6.24. The minimum atomic E-state index is -0.798. The van der Waals surface area contributed by atoms with Crippen molar-refractivity contribution < 1.29 is 24.2 Å². The lowest BCUT2D eigenvalue weighted by Gasteiger charge is -2.25. The van der Waals surface area contributed by atoms with Gasteiger partial charge in [0.1, 0.15) is 17.3 Å². The molecule has 0 spiro atoms. The van der Waals surface area contributed by atoms with Gasteiger partial charge in [0.2, 0.25) is 0 Å². The molecular weight excluding hydrogens is 430 g/mol. The smallest absolute Gasteiger partial charge is 0.300 e. The first-order valence-corrected chi connectivity index (χ1v) is 11.3. The number of carbonyl (C=O) groups excluding carboxylic acids is 2. The lowest BCUT2D eigenvalue weighted by molar-refractivity contribution is -0.132. The van der Waals surface area contributed by atoms with E-state index in [9.17, 15) is 14.7 Å². The van der Waals surface area contributed by atoms with Gasteiger partial charge in [-0.1, -0.05) is 42.5 Å². The number of anilines is 1. The number of aliphatic hydroxyl groups excluding tert-OH is 1. The number of amides is 1. The number of benzene rings is 3. The summed E-state index contributed by atoms with van der Waals surface area (Å²) in [6, 6.07) is 22.3. The quantitative estimate of drug-likeness (QED) is 0.288. The molecular formula is C28H27NO5. The van der Waals surface area contributed by atoms with E-state index < -0.39 is 17.7 Å². The van der Waals surface area contributed by atoms with Gasteiger partial charge >= 0.3 is 0 Å². The average molecular weight is 458 g/mol. The van der Waals surface area contributed by atoms with Crippen LogP contribution in [0.4, 0.5) is 5.69 Å². The van der Waals surface area contributed by atoms with Crippen molar-refractivity contribution in [3.8, 4) is 11.5 Å². The van der Waals surface area contributed by atoms with Crippen molar-refractivity contribution in [3.63, 3.8) is 0 Å². The second-order valence-corrected chi connectivity index (χ2v) is 8.20. The number of ether oxygens (including phenoxy) is 2. The highest BCUT2D eigenvalue weighted by Crippen LogP contribution is 2.42. The molecule has 3 aromatic carbocycles. The molecule has 1 fully saturated rings. The normalized spacial score (nSPS) is 17.3. The zero-order chi connectivity index (χ0) is 24.2. The number of carbonyl (C=O) groups is 2. The van der Waals surface area contributed by atoms with Crippen molar-refractivity contribution in [2.24, 2.45) is 0 Å². The van der Waals surface area contributed by atoms with E-state index in [0.717, 1.165) is 0 Å². The Morgan fingerprint density at radius 1 is 0.941 bits per heavy atom. The zero-order valence-corrected chi connectivity index (χ0v) is 19.4. The van der Waals surface area contributed by atoms with Gasteiger partial charge in [0, 0.05) is 11.3 Å². The highest BCUT2D eigenvalue weighted by Gasteiger charge is 2.46. The molecule has 1 aliphatic rings. The standard InChI is InChI=1S/C28H27NO5/c1-4-33-22-15-13-19(14-16-22)25-24(26(30)20-9-8-12-23(17-20)34-18(2)3)27(31)28(32)29(25)21-10-6-5-7-11-21/h5-18,25,30H,4H2,1-3H3/b26-24-. The number of aliphatic hydroxyl groups is 1. The van der Waals surface area contributed by atoms with E-state index in [1.54, 1.807) is 60.7 Å². The van der Waals surface area contributed by atoms with Crippen LogP contribution >= 0.6 is 0 Å². The van der Waals surface area contributed by atoms with E-state index in [2.05, 4.69) is 0 Å². The van der Waals surface area contributed by atoms with Gasteiger partial charge in [-0.15, -0.1) is 0 Å². The first-order valence-electron chi connectivity index (χ1n) is 11.3. The molecule has 6 heteroatoms. The summed E-state index contributed by atoms with van der Waals surface area (Å²) < 4.78 is 11.3. The third-order valence-corrected chi connectivity index (χ3v) is 5.46. The number of hydrogen-bond donors (Lipinski definition) is 1. The molecule has 4 rings (SSSR count). The van der Waals surface area contributed by atoms with E-state index in [1.165, 1.54) is 4.90 Å². The molecule has 0 saturated carbocycles. The average Bonchev–Trinajstić information content (AvgIpc) is 3.10. The molecule has 34 heavy (non-hydrogen) atoms. The van der Waals surface area contributed by atoms with Crippen LogP contribution in [0.15, 0.2) is 84.4 Å². The molecule has 1 saturated heterocycles. The van der Waals surface area contributed by atoms with Crippen molar-refractivity contribution >= 4 is 23.1 Å². The Morgan fingerprint density at radius 2 is 1.65 bits per heavy atom. The predicted molar refractivity (Wildman–Crippen MR) is 131 cm³/mol. The van der Waals surface area contributed by atoms with E-state index in [4.69, 9.17) is 9.47 Å². The number of Topliss-reactive ketones (excluding diaryl/α,β-unsaturated/α-hetero) is 1. The van der Waals surface area contributed by atoms with Crippen LogP contribution in [0.2, 0.25) is 0 Å². The van der Waals surface area contributed by atoms with Crippen LogP contribution in [0.3, 0.4) is 0 Å². The van der Waals surface area contributed by atoms with Gasteiger partial charge in [0.05, 0.1) is 24.3 Å². The van der Waals surface area contributed by atoms with Crippen molar-refractivity contribution in [1.82, 2.24) is 0 Å². The summed E-state index contributed by atoms with van der Waals surface area (Å²) in [5.74, 6) is -0.433. The molecule has 1 atom stereocenters. The maximum absolute atomic E-state index is 13.3. The summed E-state index contributed by atoms with van der Waals surface area (Å²) in [7, 11) is 0. The van der Waals surface area contributed by atoms with Crippen LogP contribution in [0, 0.1) is 0 Å². The van der Waals surface area contributed by atoms with E-state index in [-0.39, 0.29) is 17.4 Å². The van der Waals surface area contributed by atoms with Gasteiger partial charge < -0.3 is 14.6 Å². The van der Waals surface area contributed by atoms with Crippen molar-refractivity contribution in [2.75, 3.05) is 11.5 Å². The van der Waals surface area contributed by atoms with Crippen LogP contribution in [0.1, 0.15) is 37.9 Å². The van der Waals surface area contributed by atoms with Crippen LogP contribution in [-0.2, 0) is 9.59 Å². The molecule has 1 heterocycles. The lowest BCUT2D eigenvalue weighted by atomic mass is 9.95. The van der Waals surface area contributed by atoms with Crippen LogP contribution in [-0.4, -0.2) is 29.5 Å². The largest absolute Gasteiger partial charge is 0.507 e. The lowest BCUT2D eigenvalue weighted by Crippen LogP contribution is -2.29.